The molecule has 0 aromatic heterocycles. The lowest BCUT2D eigenvalue weighted by Gasteiger charge is -2.26. The Kier molecular flexibility index (Phi) is 5.52. The number of hydrogen-bond acceptors (Lipinski definition) is 4. The van der Waals surface area contributed by atoms with Gasteiger partial charge in [-0.25, -0.2) is 8.42 Å². The number of nitrogens with zero attached hydrogens (tertiary/aromatic N) is 2. The summed E-state index contributed by atoms with van der Waals surface area (Å²) in [6.07, 6.45) is 4.52. The number of carbonyl (C=O) groups is 1. The summed E-state index contributed by atoms with van der Waals surface area (Å²) < 4.78 is 24.8. The highest BCUT2D eigenvalue weighted by molar-refractivity contribution is 7.98. The first-order valence-electron chi connectivity index (χ1n) is 7.17. The molecule has 7 heteroatoms. The van der Waals surface area contributed by atoms with Crippen LogP contribution in [0.5, 0.6) is 0 Å². The Morgan fingerprint density at radius 1 is 1.36 bits per heavy atom. The zero-order chi connectivity index (χ0) is 16.3. The Hall–Kier alpha value is -1.05. The topological polar surface area (TPSA) is 57.7 Å². The number of amides is 1. The van der Waals surface area contributed by atoms with Gasteiger partial charge in [0.05, 0.1) is 6.26 Å². The van der Waals surface area contributed by atoms with Crippen LogP contribution in [-0.4, -0.2) is 55.7 Å². The molecule has 0 spiro atoms. The van der Waals surface area contributed by atoms with Crippen LogP contribution in [0.3, 0.4) is 0 Å². The summed E-state index contributed by atoms with van der Waals surface area (Å²) in [5, 5.41) is 0. The van der Waals surface area contributed by atoms with Crippen LogP contribution >= 0.6 is 11.8 Å². The molecule has 1 saturated heterocycles. The van der Waals surface area contributed by atoms with Gasteiger partial charge in [0.25, 0.3) is 0 Å². The predicted molar refractivity (Wildman–Crippen MR) is 89.3 cm³/mol. The van der Waals surface area contributed by atoms with E-state index in [-0.39, 0.29) is 5.91 Å². The van der Waals surface area contributed by atoms with E-state index in [1.807, 2.05) is 30.5 Å². The molecule has 1 fully saturated rings. The lowest BCUT2D eigenvalue weighted by atomic mass is 10.1. The van der Waals surface area contributed by atoms with Gasteiger partial charge in [0.1, 0.15) is 6.04 Å². The van der Waals surface area contributed by atoms with Gasteiger partial charge in [0.15, 0.2) is 0 Å². The number of rotatable bonds is 5. The Morgan fingerprint density at radius 3 is 2.55 bits per heavy atom. The van der Waals surface area contributed by atoms with Gasteiger partial charge in [-0.1, -0.05) is 12.1 Å². The van der Waals surface area contributed by atoms with Crippen molar-refractivity contribution in [3.63, 3.8) is 0 Å². The molecule has 2 rings (SSSR count). The molecule has 1 atom stereocenters. The predicted octanol–water partition coefficient (Wildman–Crippen LogP) is 1.79. The molecule has 1 aliphatic heterocycles. The Bertz CT molecular complexity index is 629. The number of likely N-dealkylation sites (N-methyl/N-ethyl adjacent to an activating group) is 1. The molecule has 5 nitrogen and oxygen atoms in total. The summed E-state index contributed by atoms with van der Waals surface area (Å²) in [4.78, 5) is 15.3. The van der Waals surface area contributed by atoms with Crippen molar-refractivity contribution in [1.82, 2.24) is 9.21 Å². The molecular formula is C15H22N2O3S2. The van der Waals surface area contributed by atoms with Crippen molar-refractivity contribution in [2.75, 3.05) is 26.1 Å². The molecule has 22 heavy (non-hydrogen) atoms. The average Bonchev–Trinajstić information content (AvgIpc) is 2.96. The van der Waals surface area contributed by atoms with E-state index in [0.717, 1.165) is 12.0 Å². The second kappa shape index (κ2) is 7.02. The summed E-state index contributed by atoms with van der Waals surface area (Å²) in [7, 11) is -1.60. The van der Waals surface area contributed by atoms with Gasteiger partial charge in [0.2, 0.25) is 15.9 Å². The molecule has 1 aromatic rings. The van der Waals surface area contributed by atoms with Crippen molar-refractivity contribution in [2.45, 2.75) is 30.3 Å². The summed E-state index contributed by atoms with van der Waals surface area (Å²) in [5.74, 6) is -0.128. The third kappa shape index (κ3) is 4.02. The second-order valence-corrected chi connectivity index (χ2v) is 8.39. The molecular weight excluding hydrogens is 320 g/mol. The van der Waals surface area contributed by atoms with Crippen LogP contribution in [-0.2, 0) is 21.4 Å². The first-order chi connectivity index (χ1) is 10.3. The molecule has 1 aromatic carbocycles. The fourth-order valence-corrected chi connectivity index (χ4v) is 4.25. The summed E-state index contributed by atoms with van der Waals surface area (Å²) in [6, 6.07) is 7.50. The first kappa shape index (κ1) is 17.3. The first-order valence-corrected chi connectivity index (χ1v) is 10.2. The van der Waals surface area contributed by atoms with Crippen LogP contribution in [0.2, 0.25) is 0 Å². The largest absolute Gasteiger partial charge is 0.340 e. The van der Waals surface area contributed by atoms with Gasteiger partial charge >= 0.3 is 0 Å². The highest BCUT2D eigenvalue weighted by Crippen LogP contribution is 2.23. The maximum Gasteiger partial charge on any atom is 0.241 e. The van der Waals surface area contributed by atoms with Crippen molar-refractivity contribution in [3.05, 3.63) is 29.8 Å². The molecule has 0 bridgehead atoms. The van der Waals surface area contributed by atoms with E-state index >= 15 is 0 Å². The van der Waals surface area contributed by atoms with Gasteiger partial charge in [-0.15, -0.1) is 11.8 Å². The van der Waals surface area contributed by atoms with E-state index in [9.17, 15) is 13.2 Å². The van der Waals surface area contributed by atoms with Gasteiger partial charge < -0.3 is 4.90 Å². The minimum Gasteiger partial charge on any atom is -0.340 e. The van der Waals surface area contributed by atoms with E-state index < -0.39 is 16.1 Å². The molecule has 0 saturated carbocycles. The van der Waals surface area contributed by atoms with Gasteiger partial charge in [-0.2, -0.15) is 4.31 Å². The van der Waals surface area contributed by atoms with Crippen LogP contribution in [0, 0.1) is 0 Å². The Labute approximate surface area is 136 Å². The monoisotopic (exact) mass is 342 g/mol. The van der Waals surface area contributed by atoms with Gasteiger partial charge in [0, 0.05) is 25.0 Å². The summed E-state index contributed by atoms with van der Waals surface area (Å²) in [5.41, 5.74) is 1.04. The van der Waals surface area contributed by atoms with E-state index in [1.165, 1.54) is 15.5 Å². The number of carbonyl (C=O) groups excluding carboxylic acids is 1. The lowest BCUT2D eigenvalue weighted by molar-refractivity contribution is -0.133. The number of sulfonamides is 1. The Balaban J connectivity index is 2.05. The lowest BCUT2D eigenvalue weighted by Crippen LogP contribution is -2.45. The van der Waals surface area contributed by atoms with Crippen LogP contribution < -0.4 is 0 Å². The fourth-order valence-electron chi connectivity index (χ4n) is 2.72. The number of hydrogen-bond donors (Lipinski definition) is 0. The molecule has 0 aliphatic carbocycles. The molecule has 1 heterocycles. The standard InChI is InChI=1S/C15H22N2O3S2/c1-16(11-12-6-8-13(21-2)9-7-12)15(18)14-5-4-10-17(14)22(3,19)20/h6-9,14H,4-5,10-11H2,1-3H3. The smallest absolute Gasteiger partial charge is 0.241 e. The third-order valence-electron chi connectivity index (χ3n) is 3.87. The minimum atomic E-state index is -3.33. The van der Waals surface area contributed by atoms with E-state index in [2.05, 4.69) is 0 Å². The minimum absolute atomic E-state index is 0.128. The highest BCUT2D eigenvalue weighted by Gasteiger charge is 2.37. The molecule has 122 valence electrons. The molecule has 1 aliphatic rings. The van der Waals surface area contributed by atoms with E-state index in [0.29, 0.717) is 19.5 Å². The maximum absolute atomic E-state index is 12.5. The zero-order valence-corrected chi connectivity index (χ0v) is 14.8. The quantitative estimate of drug-likeness (QED) is 0.766. The Morgan fingerprint density at radius 2 is 2.00 bits per heavy atom. The molecule has 1 amide bonds. The summed E-state index contributed by atoms with van der Waals surface area (Å²) in [6.45, 7) is 0.924. The van der Waals surface area contributed by atoms with Crippen LogP contribution in [0.1, 0.15) is 18.4 Å². The normalized spacial score (nSPS) is 19.3. The van der Waals surface area contributed by atoms with Crippen molar-refractivity contribution in [1.29, 1.82) is 0 Å². The van der Waals surface area contributed by atoms with Crippen LogP contribution in [0.25, 0.3) is 0 Å². The maximum atomic E-state index is 12.5. The van der Waals surface area contributed by atoms with Gasteiger partial charge in [-0.05, 0) is 36.8 Å². The van der Waals surface area contributed by atoms with Crippen molar-refractivity contribution in [2.24, 2.45) is 0 Å². The van der Waals surface area contributed by atoms with Crippen LogP contribution in [0.15, 0.2) is 29.2 Å². The highest BCUT2D eigenvalue weighted by atomic mass is 32.2. The molecule has 0 radical (unpaired) electrons. The molecule has 0 N–H and O–H groups in total. The number of benzene rings is 1. The molecule has 1 unspecified atom stereocenters. The number of thioether (sulfide) groups is 1. The van der Waals surface area contributed by atoms with Crippen molar-refractivity contribution in [3.8, 4) is 0 Å². The zero-order valence-electron chi connectivity index (χ0n) is 13.2. The van der Waals surface area contributed by atoms with Crippen LogP contribution in [0.4, 0.5) is 0 Å². The average molecular weight is 342 g/mol. The summed E-state index contributed by atoms with van der Waals surface area (Å²) >= 11 is 1.67. The van der Waals surface area contributed by atoms with Crippen molar-refractivity contribution < 1.29 is 13.2 Å². The second-order valence-electron chi connectivity index (χ2n) is 5.57. The van der Waals surface area contributed by atoms with E-state index in [1.54, 1.807) is 23.7 Å². The van der Waals surface area contributed by atoms with E-state index in [4.69, 9.17) is 0 Å². The SMILES string of the molecule is CSc1ccc(CN(C)C(=O)C2CCCN2S(C)(=O)=O)cc1. The fraction of sp³-hybridized carbons (Fsp3) is 0.533. The van der Waals surface area contributed by atoms with Gasteiger partial charge in [-0.3, -0.25) is 4.79 Å². The van der Waals surface area contributed by atoms with Crippen molar-refractivity contribution >= 4 is 27.7 Å². The third-order valence-corrected chi connectivity index (χ3v) is 5.90.